The SMILES string of the molecule is CC(C)Cn1nc(N2CCN(c3nc4ccccc4c(=O)n3C)CC2)ccc1=O. The normalized spacial score (nSPS) is 14.8. The summed E-state index contributed by atoms with van der Waals surface area (Å²) in [6, 6.07) is 10.8. The first-order valence-electron chi connectivity index (χ1n) is 9.98. The van der Waals surface area contributed by atoms with Gasteiger partial charge in [-0.2, -0.15) is 5.10 Å². The minimum atomic E-state index is -0.0727. The van der Waals surface area contributed by atoms with E-state index in [1.807, 2.05) is 24.3 Å². The lowest BCUT2D eigenvalue weighted by Crippen LogP contribution is -2.49. The summed E-state index contributed by atoms with van der Waals surface area (Å²) in [6.07, 6.45) is 0. The minimum absolute atomic E-state index is 0.0320. The zero-order valence-electron chi connectivity index (χ0n) is 17.1. The predicted molar refractivity (Wildman–Crippen MR) is 115 cm³/mol. The third kappa shape index (κ3) is 3.74. The molecule has 1 aliphatic rings. The fourth-order valence-corrected chi connectivity index (χ4v) is 3.71. The van der Waals surface area contributed by atoms with Crippen LogP contribution in [-0.2, 0) is 13.6 Å². The van der Waals surface area contributed by atoms with Crippen molar-refractivity contribution in [3.05, 3.63) is 57.1 Å². The van der Waals surface area contributed by atoms with Gasteiger partial charge in [-0.05, 0) is 24.1 Å². The fraction of sp³-hybridized carbons (Fsp3) is 0.429. The number of aromatic nitrogens is 4. The largest absolute Gasteiger partial charge is 0.352 e. The summed E-state index contributed by atoms with van der Waals surface area (Å²) >= 11 is 0. The highest BCUT2D eigenvalue weighted by atomic mass is 16.1. The Morgan fingerprint density at radius 2 is 1.66 bits per heavy atom. The van der Waals surface area contributed by atoms with Crippen LogP contribution < -0.4 is 20.9 Å². The van der Waals surface area contributed by atoms with Crippen LogP contribution in [0.2, 0.25) is 0 Å². The van der Waals surface area contributed by atoms with Crippen molar-refractivity contribution in [3.8, 4) is 0 Å². The highest BCUT2D eigenvalue weighted by molar-refractivity contribution is 5.78. The van der Waals surface area contributed by atoms with Gasteiger partial charge in [0.1, 0.15) is 5.82 Å². The van der Waals surface area contributed by atoms with Gasteiger partial charge in [0.2, 0.25) is 5.95 Å². The van der Waals surface area contributed by atoms with Crippen LogP contribution in [0.4, 0.5) is 11.8 Å². The van der Waals surface area contributed by atoms with Crippen LogP contribution in [0.5, 0.6) is 0 Å². The first-order valence-corrected chi connectivity index (χ1v) is 9.98. The average molecular weight is 394 g/mol. The number of benzene rings is 1. The molecule has 0 N–H and O–H groups in total. The molecule has 8 heteroatoms. The second kappa shape index (κ2) is 7.69. The van der Waals surface area contributed by atoms with Gasteiger partial charge in [-0.1, -0.05) is 26.0 Å². The molecule has 1 fully saturated rings. The molecule has 4 rings (SSSR count). The van der Waals surface area contributed by atoms with Crippen molar-refractivity contribution in [2.24, 2.45) is 13.0 Å². The van der Waals surface area contributed by atoms with Crippen molar-refractivity contribution in [1.29, 1.82) is 0 Å². The van der Waals surface area contributed by atoms with Gasteiger partial charge < -0.3 is 9.80 Å². The van der Waals surface area contributed by atoms with Crippen LogP contribution >= 0.6 is 0 Å². The third-order valence-electron chi connectivity index (χ3n) is 5.24. The van der Waals surface area contributed by atoms with Crippen LogP contribution in [0.1, 0.15) is 13.8 Å². The molecular weight excluding hydrogens is 368 g/mol. The Balaban J connectivity index is 1.55. The van der Waals surface area contributed by atoms with Crippen molar-refractivity contribution in [2.45, 2.75) is 20.4 Å². The molecule has 0 radical (unpaired) electrons. The highest BCUT2D eigenvalue weighted by Gasteiger charge is 2.22. The van der Waals surface area contributed by atoms with Crippen LogP contribution in [-0.4, -0.2) is 45.5 Å². The molecule has 3 heterocycles. The van der Waals surface area contributed by atoms with Crippen molar-refractivity contribution < 1.29 is 0 Å². The summed E-state index contributed by atoms with van der Waals surface area (Å²) in [5.74, 6) is 1.85. The van der Waals surface area contributed by atoms with E-state index in [4.69, 9.17) is 4.98 Å². The molecule has 0 aliphatic carbocycles. The van der Waals surface area contributed by atoms with Gasteiger partial charge in [-0.15, -0.1) is 0 Å². The lowest BCUT2D eigenvalue weighted by Gasteiger charge is -2.36. The number of nitrogens with zero attached hydrogens (tertiary/aromatic N) is 6. The molecule has 0 saturated carbocycles. The maximum Gasteiger partial charge on any atom is 0.266 e. The third-order valence-corrected chi connectivity index (χ3v) is 5.24. The summed E-state index contributed by atoms with van der Waals surface area (Å²) in [5, 5.41) is 5.18. The van der Waals surface area contributed by atoms with Gasteiger partial charge in [0, 0.05) is 45.8 Å². The zero-order valence-corrected chi connectivity index (χ0v) is 17.1. The van der Waals surface area contributed by atoms with Crippen molar-refractivity contribution >= 4 is 22.7 Å². The molecule has 29 heavy (non-hydrogen) atoms. The van der Waals surface area contributed by atoms with E-state index >= 15 is 0 Å². The molecule has 2 aromatic heterocycles. The number of para-hydroxylation sites is 1. The van der Waals surface area contributed by atoms with Gasteiger partial charge in [0.05, 0.1) is 10.9 Å². The lowest BCUT2D eigenvalue weighted by molar-refractivity contribution is 0.461. The first-order chi connectivity index (χ1) is 13.9. The predicted octanol–water partition coefficient (Wildman–Crippen LogP) is 1.47. The maximum absolute atomic E-state index is 12.7. The topological polar surface area (TPSA) is 76.3 Å². The Hall–Kier alpha value is -3.16. The molecule has 3 aromatic rings. The Kier molecular flexibility index (Phi) is 5.08. The van der Waals surface area contributed by atoms with Crippen LogP contribution in [0, 0.1) is 5.92 Å². The summed E-state index contributed by atoms with van der Waals surface area (Å²) in [5.41, 5.74) is 0.613. The Labute approximate surface area is 169 Å². The Bertz CT molecular complexity index is 1140. The van der Waals surface area contributed by atoms with Gasteiger partial charge in [-0.25, -0.2) is 9.67 Å². The van der Waals surface area contributed by atoms with Gasteiger partial charge in [0.25, 0.3) is 11.1 Å². The number of rotatable bonds is 4. The molecular formula is C21H26N6O2. The van der Waals surface area contributed by atoms with Crippen molar-refractivity contribution in [3.63, 3.8) is 0 Å². The van der Waals surface area contributed by atoms with Crippen LogP contribution in [0.25, 0.3) is 10.9 Å². The molecule has 152 valence electrons. The Morgan fingerprint density at radius 1 is 0.966 bits per heavy atom. The van der Waals surface area contributed by atoms with Crippen LogP contribution in [0.3, 0.4) is 0 Å². The zero-order chi connectivity index (χ0) is 20.5. The van der Waals surface area contributed by atoms with E-state index in [1.165, 1.54) is 0 Å². The summed E-state index contributed by atoms with van der Waals surface area (Å²) in [7, 11) is 1.77. The molecule has 8 nitrogen and oxygen atoms in total. The van der Waals surface area contributed by atoms with Gasteiger partial charge in [0.15, 0.2) is 0 Å². The number of piperazine rings is 1. The highest BCUT2D eigenvalue weighted by Crippen LogP contribution is 2.18. The fourth-order valence-electron chi connectivity index (χ4n) is 3.71. The van der Waals surface area contributed by atoms with E-state index in [1.54, 1.807) is 28.4 Å². The van der Waals surface area contributed by atoms with E-state index in [0.717, 1.165) is 37.5 Å². The molecule has 1 aliphatic heterocycles. The number of hydrogen-bond acceptors (Lipinski definition) is 6. The Morgan fingerprint density at radius 3 is 2.38 bits per heavy atom. The number of fused-ring (bicyclic) bond motifs is 1. The number of hydrogen-bond donors (Lipinski definition) is 0. The number of anilines is 2. The molecule has 0 bridgehead atoms. The quantitative estimate of drug-likeness (QED) is 0.667. The average Bonchev–Trinajstić information content (AvgIpc) is 2.72. The molecule has 0 atom stereocenters. The minimum Gasteiger partial charge on any atom is -0.352 e. The standard InChI is InChI=1S/C21H26N6O2/c1-15(2)14-27-19(28)9-8-18(23-27)25-10-12-26(13-11-25)21-22-17-7-5-4-6-16(17)20(29)24(21)3/h4-9,15H,10-14H2,1-3H3. The monoisotopic (exact) mass is 394 g/mol. The first kappa shape index (κ1) is 19.2. The molecule has 0 amide bonds. The van der Waals surface area contributed by atoms with Crippen LogP contribution in [0.15, 0.2) is 46.0 Å². The van der Waals surface area contributed by atoms with E-state index in [-0.39, 0.29) is 11.1 Å². The maximum atomic E-state index is 12.7. The van der Waals surface area contributed by atoms with E-state index in [0.29, 0.717) is 23.8 Å². The van der Waals surface area contributed by atoms with Gasteiger partial charge in [-0.3, -0.25) is 14.2 Å². The summed E-state index contributed by atoms with van der Waals surface area (Å²) in [4.78, 5) is 33.7. The van der Waals surface area contributed by atoms with Gasteiger partial charge >= 0.3 is 0 Å². The molecule has 0 unspecified atom stereocenters. The lowest BCUT2D eigenvalue weighted by atomic mass is 10.2. The molecule has 0 spiro atoms. The van der Waals surface area contributed by atoms with E-state index in [9.17, 15) is 9.59 Å². The van der Waals surface area contributed by atoms with Crippen molar-refractivity contribution in [2.75, 3.05) is 36.0 Å². The molecule has 1 saturated heterocycles. The van der Waals surface area contributed by atoms with E-state index in [2.05, 4.69) is 28.7 Å². The van der Waals surface area contributed by atoms with E-state index < -0.39 is 0 Å². The van der Waals surface area contributed by atoms with Crippen molar-refractivity contribution in [1.82, 2.24) is 19.3 Å². The summed E-state index contributed by atoms with van der Waals surface area (Å²) in [6.45, 7) is 7.69. The second-order valence-electron chi connectivity index (χ2n) is 7.87. The summed E-state index contributed by atoms with van der Waals surface area (Å²) < 4.78 is 3.17. The second-order valence-corrected chi connectivity index (χ2v) is 7.87. The molecule has 1 aromatic carbocycles. The smallest absolute Gasteiger partial charge is 0.266 e.